The van der Waals surface area contributed by atoms with Gasteiger partial charge in [-0.25, -0.2) is 9.97 Å². The second-order valence-corrected chi connectivity index (χ2v) is 5.75. The van der Waals surface area contributed by atoms with Gasteiger partial charge in [-0.05, 0) is 26.0 Å². The maximum Gasteiger partial charge on any atom is 0.259 e. The summed E-state index contributed by atoms with van der Waals surface area (Å²) < 4.78 is 13.3. The summed E-state index contributed by atoms with van der Waals surface area (Å²) in [5, 5.41) is 0. The molecule has 0 spiro atoms. The summed E-state index contributed by atoms with van der Waals surface area (Å²) in [5.41, 5.74) is 1.42. The first-order chi connectivity index (χ1) is 11.6. The first kappa shape index (κ1) is 16.4. The van der Waals surface area contributed by atoms with Gasteiger partial charge >= 0.3 is 0 Å². The first-order valence-electron chi connectivity index (χ1n) is 8.08. The molecule has 7 nitrogen and oxygen atoms in total. The smallest absolute Gasteiger partial charge is 0.259 e. The van der Waals surface area contributed by atoms with Crippen molar-refractivity contribution in [3.05, 3.63) is 41.6 Å². The van der Waals surface area contributed by atoms with Crippen LogP contribution in [-0.2, 0) is 11.8 Å². The molecular formula is C17H22N4O3. The monoisotopic (exact) mass is 330 g/mol. The van der Waals surface area contributed by atoms with Crippen LogP contribution in [0.3, 0.4) is 0 Å². The molecule has 1 fully saturated rings. The van der Waals surface area contributed by atoms with Crippen LogP contribution in [0.1, 0.15) is 34.9 Å². The fraction of sp³-hybridized carbons (Fsp3) is 0.471. The molecular weight excluding hydrogens is 308 g/mol. The van der Waals surface area contributed by atoms with Crippen molar-refractivity contribution in [1.29, 1.82) is 0 Å². The minimum Gasteiger partial charge on any atom is -0.477 e. The molecule has 7 heteroatoms. The van der Waals surface area contributed by atoms with E-state index in [-0.39, 0.29) is 12.0 Å². The molecule has 0 saturated carbocycles. The van der Waals surface area contributed by atoms with Crippen LogP contribution in [0.25, 0.3) is 0 Å². The minimum atomic E-state index is -0.228. The van der Waals surface area contributed by atoms with Crippen LogP contribution in [0, 0.1) is 6.92 Å². The van der Waals surface area contributed by atoms with Crippen molar-refractivity contribution >= 4 is 5.91 Å². The number of imidazole rings is 1. The third kappa shape index (κ3) is 3.26. The topological polar surface area (TPSA) is 69.5 Å². The van der Waals surface area contributed by atoms with Gasteiger partial charge in [0, 0.05) is 26.0 Å². The SMILES string of the molecule is CCOc1ncccc1C(=O)N1CCOC(c2nc(C)cn2C)C1. The zero-order valence-electron chi connectivity index (χ0n) is 14.2. The number of aromatic nitrogens is 3. The average molecular weight is 330 g/mol. The van der Waals surface area contributed by atoms with E-state index in [1.54, 1.807) is 23.2 Å². The number of amides is 1. The molecule has 2 aromatic heterocycles. The zero-order valence-corrected chi connectivity index (χ0v) is 14.2. The Morgan fingerprint density at radius 1 is 1.50 bits per heavy atom. The number of pyridine rings is 1. The number of hydrogen-bond acceptors (Lipinski definition) is 5. The highest BCUT2D eigenvalue weighted by Gasteiger charge is 2.30. The molecule has 0 aliphatic carbocycles. The van der Waals surface area contributed by atoms with E-state index in [0.717, 1.165) is 11.5 Å². The van der Waals surface area contributed by atoms with Gasteiger partial charge in [0.25, 0.3) is 5.91 Å². The standard InChI is InChI=1S/C17H22N4O3/c1-4-23-16-13(6-5-7-18-16)17(22)21-8-9-24-14(11-21)15-19-12(2)10-20(15)3/h5-7,10,14H,4,8-9,11H2,1-3H3. The number of carbonyl (C=O) groups excluding carboxylic acids is 1. The van der Waals surface area contributed by atoms with Gasteiger partial charge in [-0.3, -0.25) is 4.79 Å². The van der Waals surface area contributed by atoms with E-state index in [2.05, 4.69) is 9.97 Å². The minimum absolute atomic E-state index is 0.0919. The van der Waals surface area contributed by atoms with Gasteiger partial charge in [0.2, 0.25) is 5.88 Å². The molecule has 1 atom stereocenters. The predicted octanol–water partition coefficient (Wildman–Crippen LogP) is 1.74. The molecule has 0 radical (unpaired) electrons. The molecule has 1 aliphatic rings. The number of nitrogens with zero attached hydrogens (tertiary/aromatic N) is 4. The average Bonchev–Trinajstić information content (AvgIpc) is 2.93. The Bertz CT molecular complexity index is 728. The second-order valence-electron chi connectivity index (χ2n) is 5.75. The molecule has 2 aromatic rings. The van der Waals surface area contributed by atoms with Crippen molar-refractivity contribution in [3.8, 4) is 5.88 Å². The second kappa shape index (κ2) is 7.00. The summed E-state index contributed by atoms with van der Waals surface area (Å²) in [5.74, 6) is 1.12. The number of carbonyl (C=O) groups is 1. The Labute approximate surface area is 141 Å². The molecule has 3 rings (SSSR count). The van der Waals surface area contributed by atoms with Crippen molar-refractivity contribution in [3.63, 3.8) is 0 Å². The first-order valence-corrected chi connectivity index (χ1v) is 8.08. The lowest BCUT2D eigenvalue weighted by atomic mass is 10.2. The fourth-order valence-corrected chi connectivity index (χ4v) is 2.90. The van der Waals surface area contributed by atoms with Gasteiger partial charge in [0.15, 0.2) is 0 Å². The fourth-order valence-electron chi connectivity index (χ4n) is 2.90. The van der Waals surface area contributed by atoms with Crippen molar-refractivity contribution < 1.29 is 14.3 Å². The number of ether oxygens (including phenoxy) is 2. The van der Waals surface area contributed by atoms with Crippen LogP contribution in [-0.4, -0.2) is 51.6 Å². The summed E-state index contributed by atoms with van der Waals surface area (Å²) in [4.78, 5) is 23.3. The van der Waals surface area contributed by atoms with E-state index in [9.17, 15) is 4.79 Å². The Kier molecular flexibility index (Phi) is 4.80. The van der Waals surface area contributed by atoms with Gasteiger partial charge in [-0.2, -0.15) is 0 Å². The van der Waals surface area contributed by atoms with Gasteiger partial charge in [-0.15, -0.1) is 0 Å². The van der Waals surface area contributed by atoms with Crippen molar-refractivity contribution in [2.45, 2.75) is 20.0 Å². The van der Waals surface area contributed by atoms with E-state index in [0.29, 0.717) is 37.7 Å². The van der Waals surface area contributed by atoms with Crippen LogP contribution in [0.4, 0.5) is 0 Å². The maximum absolute atomic E-state index is 12.9. The molecule has 1 unspecified atom stereocenters. The van der Waals surface area contributed by atoms with Crippen LogP contribution in [0.15, 0.2) is 24.5 Å². The lowest BCUT2D eigenvalue weighted by Gasteiger charge is -2.32. The summed E-state index contributed by atoms with van der Waals surface area (Å²) >= 11 is 0. The van der Waals surface area contributed by atoms with Gasteiger partial charge in [-0.1, -0.05) is 0 Å². The third-order valence-corrected chi connectivity index (χ3v) is 3.96. The zero-order chi connectivity index (χ0) is 17.1. The van der Waals surface area contributed by atoms with E-state index in [1.807, 2.05) is 31.7 Å². The third-order valence-electron chi connectivity index (χ3n) is 3.96. The Hall–Kier alpha value is -2.41. The number of aryl methyl sites for hydroxylation is 2. The lowest BCUT2D eigenvalue weighted by Crippen LogP contribution is -2.43. The number of rotatable bonds is 4. The highest BCUT2D eigenvalue weighted by molar-refractivity contribution is 5.96. The van der Waals surface area contributed by atoms with E-state index in [4.69, 9.17) is 9.47 Å². The Morgan fingerprint density at radius 3 is 3.04 bits per heavy atom. The predicted molar refractivity (Wildman–Crippen MR) is 87.9 cm³/mol. The normalized spacial score (nSPS) is 17.8. The molecule has 0 N–H and O–H groups in total. The highest BCUT2D eigenvalue weighted by Crippen LogP contribution is 2.24. The Morgan fingerprint density at radius 2 is 2.33 bits per heavy atom. The van der Waals surface area contributed by atoms with E-state index >= 15 is 0 Å². The van der Waals surface area contributed by atoms with Crippen molar-refractivity contribution in [2.24, 2.45) is 7.05 Å². The molecule has 1 aliphatic heterocycles. The Balaban J connectivity index is 1.80. The van der Waals surface area contributed by atoms with Gasteiger partial charge in [0.05, 0.1) is 25.5 Å². The molecule has 24 heavy (non-hydrogen) atoms. The lowest BCUT2D eigenvalue weighted by molar-refractivity contribution is -0.0280. The highest BCUT2D eigenvalue weighted by atomic mass is 16.5. The molecule has 0 aromatic carbocycles. The largest absolute Gasteiger partial charge is 0.477 e. The van der Waals surface area contributed by atoms with Crippen LogP contribution >= 0.6 is 0 Å². The molecule has 0 bridgehead atoms. The molecule has 128 valence electrons. The van der Waals surface area contributed by atoms with Gasteiger partial charge < -0.3 is 18.9 Å². The number of hydrogen-bond donors (Lipinski definition) is 0. The van der Waals surface area contributed by atoms with Gasteiger partial charge in [0.1, 0.15) is 17.5 Å². The summed E-state index contributed by atoms with van der Waals surface area (Å²) in [6.07, 6.45) is 3.35. The quantitative estimate of drug-likeness (QED) is 0.854. The summed E-state index contributed by atoms with van der Waals surface area (Å²) in [7, 11) is 1.94. The maximum atomic E-state index is 12.9. The summed E-state index contributed by atoms with van der Waals surface area (Å²) in [6, 6.07) is 3.49. The van der Waals surface area contributed by atoms with Crippen molar-refractivity contribution in [2.75, 3.05) is 26.3 Å². The van der Waals surface area contributed by atoms with E-state index < -0.39 is 0 Å². The molecule has 3 heterocycles. The van der Waals surface area contributed by atoms with Crippen LogP contribution < -0.4 is 4.74 Å². The van der Waals surface area contributed by atoms with Crippen molar-refractivity contribution in [1.82, 2.24) is 19.4 Å². The van der Waals surface area contributed by atoms with E-state index in [1.165, 1.54) is 0 Å². The summed E-state index contributed by atoms with van der Waals surface area (Å²) in [6.45, 7) is 5.77. The number of morpholine rings is 1. The molecule has 1 saturated heterocycles. The van der Waals surface area contributed by atoms with Crippen LogP contribution in [0.2, 0.25) is 0 Å². The van der Waals surface area contributed by atoms with Crippen LogP contribution in [0.5, 0.6) is 5.88 Å². The molecule has 1 amide bonds.